The van der Waals surface area contributed by atoms with Crippen LogP contribution in [0.4, 0.5) is 15.9 Å². The van der Waals surface area contributed by atoms with Gasteiger partial charge in [-0.15, -0.1) is 0 Å². The van der Waals surface area contributed by atoms with Gasteiger partial charge in [-0.25, -0.2) is 19.0 Å². The molecule has 4 heterocycles. The SMILES string of the molecule is CC(c1oc2ccccc2c(=O)c1-c1cccc(F)c1)n1nc(-c2ccc(C=O)c(N3CCOCC3)c2)c2c(N)ncnc21. The summed E-state index contributed by atoms with van der Waals surface area (Å²) in [7, 11) is 0. The van der Waals surface area contributed by atoms with Crippen molar-refractivity contribution in [3.8, 4) is 22.4 Å². The molecule has 1 atom stereocenters. The Balaban J connectivity index is 1.45. The predicted molar refractivity (Wildman–Crippen MR) is 165 cm³/mol. The summed E-state index contributed by atoms with van der Waals surface area (Å²) >= 11 is 0. The van der Waals surface area contributed by atoms with Gasteiger partial charge < -0.3 is 19.8 Å². The molecule has 1 saturated heterocycles. The van der Waals surface area contributed by atoms with Crippen LogP contribution in [0.3, 0.4) is 0 Å². The van der Waals surface area contributed by atoms with E-state index < -0.39 is 11.9 Å². The van der Waals surface area contributed by atoms with Crippen LogP contribution in [0.5, 0.6) is 0 Å². The molecule has 11 heteroatoms. The number of halogens is 1. The number of aldehydes is 1. The number of hydrogen-bond acceptors (Lipinski definition) is 9. The standard InChI is InChI=1S/C33H27FN6O4/c1-19(31-27(20-5-4-6-23(34)15-20)30(42)24-7-2-3-8-26(24)44-31)40-33-28(32(35)36-18-37-33)29(38-40)21-9-10-22(17-41)25(16-21)39-11-13-43-14-12-39/h2-10,15-19H,11-14H2,1H3,(H2,35,36,37). The summed E-state index contributed by atoms with van der Waals surface area (Å²) in [6.45, 7) is 4.24. The molecule has 44 heavy (non-hydrogen) atoms. The molecular formula is C33H27FN6O4. The Morgan fingerprint density at radius 3 is 2.61 bits per heavy atom. The number of nitrogens with two attached hydrogens (primary N) is 1. The number of morpholine rings is 1. The van der Waals surface area contributed by atoms with E-state index in [0.29, 0.717) is 70.7 Å². The number of para-hydroxylation sites is 1. The minimum absolute atomic E-state index is 0.223. The number of aromatic nitrogens is 4. The van der Waals surface area contributed by atoms with Crippen LogP contribution in [0.25, 0.3) is 44.4 Å². The first-order chi connectivity index (χ1) is 21.4. The van der Waals surface area contributed by atoms with Crippen LogP contribution in [-0.2, 0) is 4.74 Å². The van der Waals surface area contributed by atoms with Gasteiger partial charge in [-0.1, -0.05) is 30.3 Å². The summed E-state index contributed by atoms with van der Waals surface area (Å²) in [5.41, 5.74) is 10.1. The van der Waals surface area contributed by atoms with Crippen molar-refractivity contribution in [2.75, 3.05) is 36.9 Å². The van der Waals surface area contributed by atoms with E-state index in [0.717, 1.165) is 12.0 Å². The highest BCUT2D eigenvalue weighted by molar-refractivity contribution is 5.99. The monoisotopic (exact) mass is 590 g/mol. The average Bonchev–Trinajstić information content (AvgIpc) is 3.45. The highest BCUT2D eigenvalue weighted by atomic mass is 19.1. The zero-order chi connectivity index (χ0) is 30.4. The molecule has 0 bridgehead atoms. The van der Waals surface area contributed by atoms with Crippen LogP contribution >= 0.6 is 0 Å². The maximum Gasteiger partial charge on any atom is 0.200 e. The fraction of sp³-hybridized carbons (Fsp3) is 0.182. The number of nitrogens with zero attached hydrogens (tertiary/aromatic N) is 5. The lowest BCUT2D eigenvalue weighted by atomic mass is 9.99. The molecule has 3 aromatic heterocycles. The molecule has 1 fully saturated rings. The summed E-state index contributed by atoms with van der Waals surface area (Å²) in [5, 5.41) is 5.86. The lowest BCUT2D eigenvalue weighted by Crippen LogP contribution is -2.36. The number of rotatable bonds is 6. The lowest BCUT2D eigenvalue weighted by Gasteiger charge is -2.30. The number of nitrogen functional groups attached to an aromatic ring is 1. The van der Waals surface area contributed by atoms with Gasteiger partial charge in [-0.05, 0) is 48.9 Å². The molecular weight excluding hydrogens is 563 g/mol. The van der Waals surface area contributed by atoms with Crippen LogP contribution < -0.4 is 16.1 Å². The van der Waals surface area contributed by atoms with Crippen molar-refractivity contribution < 1.29 is 18.3 Å². The highest BCUT2D eigenvalue weighted by Gasteiger charge is 2.27. The van der Waals surface area contributed by atoms with E-state index in [1.807, 2.05) is 19.1 Å². The Morgan fingerprint density at radius 2 is 1.82 bits per heavy atom. The Bertz CT molecular complexity index is 2120. The van der Waals surface area contributed by atoms with Gasteiger partial charge in [-0.3, -0.25) is 9.59 Å². The molecule has 1 unspecified atom stereocenters. The average molecular weight is 591 g/mol. The van der Waals surface area contributed by atoms with Crippen LogP contribution in [-0.4, -0.2) is 52.3 Å². The van der Waals surface area contributed by atoms with E-state index >= 15 is 0 Å². The molecule has 0 spiro atoms. The summed E-state index contributed by atoms with van der Waals surface area (Å²) in [6.07, 6.45) is 2.19. The third-order valence-electron chi connectivity index (χ3n) is 7.99. The van der Waals surface area contributed by atoms with Gasteiger partial charge in [0.15, 0.2) is 11.9 Å². The molecule has 0 amide bonds. The Kier molecular flexibility index (Phi) is 6.86. The van der Waals surface area contributed by atoms with E-state index in [1.165, 1.54) is 18.5 Å². The van der Waals surface area contributed by atoms with Crippen molar-refractivity contribution in [2.24, 2.45) is 0 Å². The van der Waals surface area contributed by atoms with Crippen LogP contribution in [0.1, 0.15) is 29.1 Å². The Labute approximate surface area is 250 Å². The van der Waals surface area contributed by atoms with Gasteiger partial charge in [0, 0.05) is 29.9 Å². The number of carbonyl (C=O) groups is 1. The minimum Gasteiger partial charge on any atom is -0.458 e. The predicted octanol–water partition coefficient (Wildman–Crippen LogP) is 5.25. The largest absolute Gasteiger partial charge is 0.458 e. The van der Waals surface area contributed by atoms with Gasteiger partial charge in [0.1, 0.15) is 41.0 Å². The molecule has 1 aliphatic heterocycles. The van der Waals surface area contributed by atoms with Crippen LogP contribution in [0.2, 0.25) is 0 Å². The van der Waals surface area contributed by atoms with Gasteiger partial charge >= 0.3 is 0 Å². The number of benzene rings is 3. The number of ether oxygens (including phenoxy) is 1. The van der Waals surface area contributed by atoms with E-state index in [1.54, 1.807) is 47.1 Å². The van der Waals surface area contributed by atoms with Gasteiger partial charge in [-0.2, -0.15) is 5.10 Å². The molecule has 0 saturated carbocycles. The molecule has 220 valence electrons. The number of fused-ring (bicyclic) bond motifs is 2. The third kappa shape index (κ3) is 4.58. The molecule has 6 aromatic rings. The summed E-state index contributed by atoms with van der Waals surface area (Å²) < 4.78 is 27.9. The normalized spacial score (nSPS) is 14.3. The summed E-state index contributed by atoms with van der Waals surface area (Å²) in [5.74, 6) is 0.0368. The van der Waals surface area contributed by atoms with Crippen molar-refractivity contribution in [3.63, 3.8) is 0 Å². The minimum atomic E-state index is -0.677. The molecule has 10 nitrogen and oxygen atoms in total. The van der Waals surface area contributed by atoms with Crippen LogP contribution in [0.15, 0.2) is 82.3 Å². The first-order valence-electron chi connectivity index (χ1n) is 14.2. The van der Waals surface area contributed by atoms with E-state index in [9.17, 15) is 14.0 Å². The van der Waals surface area contributed by atoms with Crippen molar-refractivity contribution in [1.82, 2.24) is 19.7 Å². The molecule has 7 rings (SSSR count). The molecule has 1 aliphatic rings. The Morgan fingerprint density at radius 1 is 1.00 bits per heavy atom. The second-order valence-corrected chi connectivity index (χ2v) is 10.6. The van der Waals surface area contributed by atoms with E-state index in [2.05, 4.69) is 14.9 Å². The third-order valence-corrected chi connectivity index (χ3v) is 7.99. The summed E-state index contributed by atoms with van der Waals surface area (Å²) in [4.78, 5) is 36.7. The van der Waals surface area contributed by atoms with E-state index in [4.69, 9.17) is 20.0 Å². The number of carbonyl (C=O) groups excluding carboxylic acids is 1. The first-order valence-corrected chi connectivity index (χ1v) is 14.2. The highest BCUT2D eigenvalue weighted by Crippen LogP contribution is 2.37. The van der Waals surface area contributed by atoms with Crippen molar-refractivity contribution >= 4 is 39.8 Å². The molecule has 0 aliphatic carbocycles. The second kappa shape index (κ2) is 11.0. The zero-order valence-electron chi connectivity index (χ0n) is 23.7. The lowest BCUT2D eigenvalue weighted by molar-refractivity contribution is 0.111. The molecule has 0 radical (unpaired) electrons. The summed E-state index contributed by atoms with van der Waals surface area (Å²) in [6, 6.07) is 17.6. The fourth-order valence-electron chi connectivity index (χ4n) is 5.82. The smallest absolute Gasteiger partial charge is 0.200 e. The zero-order valence-corrected chi connectivity index (χ0v) is 23.7. The molecule has 3 aromatic carbocycles. The van der Waals surface area contributed by atoms with Gasteiger partial charge in [0.25, 0.3) is 0 Å². The maximum atomic E-state index is 14.4. The van der Waals surface area contributed by atoms with Crippen LogP contribution in [0, 0.1) is 5.82 Å². The number of hydrogen-bond donors (Lipinski definition) is 1. The van der Waals surface area contributed by atoms with Crippen molar-refractivity contribution in [3.05, 3.63) is 100 Å². The van der Waals surface area contributed by atoms with Crippen molar-refractivity contribution in [1.29, 1.82) is 0 Å². The van der Waals surface area contributed by atoms with Gasteiger partial charge in [0.2, 0.25) is 5.43 Å². The maximum absolute atomic E-state index is 14.4. The topological polar surface area (TPSA) is 129 Å². The van der Waals surface area contributed by atoms with Crippen molar-refractivity contribution in [2.45, 2.75) is 13.0 Å². The fourth-order valence-corrected chi connectivity index (χ4v) is 5.82. The molecule has 2 N–H and O–H groups in total. The van der Waals surface area contributed by atoms with Gasteiger partial charge in [0.05, 0.1) is 29.5 Å². The second-order valence-electron chi connectivity index (χ2n) is 10.6. The Hall–Kier alpha value is -5.42. The van der Waals surface area contributed by atoms with E-state index in [-0.39, 0.29) is 22.6 Å². The first kappa shape index (κ1) is 27.4. The number of anilines is 2. The quantitative estimate of drug-likeness (QED) is 0.259.